The van der Waals surface area contributed by atoms with Gasteiger partial charge in [0.15, 0.2) is 0 Å². The van der Waals surface area contributed by atoms with Crippen molar-refractivity contribution in [1.29, 1.82) is 0 Å². The number of H-pyrrole nitrogens is 1. The van der Waals surface area contributed by atoms with E-state index in [0.29, 0.717) is 25.2 Å². The van der Waals surface area contributed by atoms with Crippen molar-refractivity contribution >= 4 is 5.91 Å². The van der Waals surface area contributed by atoms with Gasteiger partial charge in [-0.3, -0.25) is 14.7 Å². The predicted octanol–water partition coefficient (Wildman–Crippen LogP) is 1.45. The SMILES string of the molecule is O=C(NCCCn1ncccc1=O)c1cc(-c2ccccc2)n[nH]1. The van der Waals surface area contributed by atoms with Crippen molar-refractivity contribution in [2.75, 3.05) is 6.54 Å². The molecule has 1 aromatic carbocycles. The summed E-state index contributed by atoms with van der Waals surface area (Å²) in [6.07, 6.45) is 2.18. The van der Waals surface area contributed by atoms with E-state index in [2.05, 4.69) is 20.6 Å². The first kappa shape index (κ1) is 15.7. The van der Waals surface area contributed by atoms with E-state index < -0.39 is 0 Å². The summed E-state index contributed by atoms with van der Waals surface area (Å²) in [6.45, 7) is 0.903. The highest BCUT2D eigenvalue weighted by atomic mass is 16.2. The molecule has 0 bridgehead atoms. The number of nitrogens with one attached hydrogen (secondary N) is 2. The van der Waals surface area contributed by atoms with Crippen LogP contribution in [-0.4, -0.2) is 32.4 Å². The smallest absolute Gasteiger partial charge is 0.269 e. The molecule has 3 rings (SSSR count). The predicted molar refractivity (Wildman–Crippen MR) is 89.5 cm³/mol. The monoisotopic (exact) mass is 323 g/mol. The van der Waals surface area contributed by atoms with Crippen LogP contribution in [0.4, 0.5) is 0 Å². The van der Waals surface area contributed by atoms with Gasteiger partial charge < -0.3 is 5.32 Å². The second-order valence-corrected chi connectivity index (χ2v) is 5.23. The van der Waals surface area contributed by atoms with Crippen molar-refractivity contribution in [3.05, 3.63) is 70.8 Å². The van der Waals surface area contributed by atoms with Crippen molar-refractivity contribution in [3.63, 3.8) is 0 Å². The molecular weight excluding hydrogens is 306 g/mol. The van der Waals surface area contributed by atoms with Crippen molar-refractivity contribution in [2.24, 2.45) is 0 Å². The fourth-order valence-electron chi connectivity index (χ4n) is 2.28. The lowest BCUT2D eigenvalue weighted by Gasteiger charge is -2.04. The van der Waals surface area contributed by atoms with Gasteiger partial charge in [0.25, 0.3) is 11.5 Å². The van der Waals surface area contributed by atoms with Crippen molar-refractivity contribution in [2.45, 2.75) is 13.0 Å². The number of amides is 1. The summed E-state index contributed by atoms with van der Waals surface area (Å²) in [6, 6.07) is 14.4. The zero-order valence-corrected chi connectivity index (χ0v) is 13.0. The molecule has 7 heteroatoms. The fraction of sp³-hybridized carbons (Fsp3) is 0.176. The van der Waals surface area contributed by atoms with Crippen LogP contribution in [0.3, 0.4) is 0 Å². The van der Waals surface area contributed by atoms with Crippen LogP contribution in [0.5, 0.6) is 0 Å². The quantitative estimate of drug-likeness (QED) is 0.672. The van der Waals surface area contributed by atoms with E-state index in [1.165, 1.54) is 10.7 Å². The Balaban J connectivity index is 1.52. The third-order valence-corrected chi connectivity index (χ3v) is 3.51. The zero-order chi connectivity index (χ0) is 16.8. The highest BCUT2D eigenvalue weighted by Crippen LogP contribution is 2.16. The number of aromatic amines is 1. The molecule has 0 aliphatic rings. The molecular formula is C17H17N5O2. The van der Waals surface area contributed by atoms with Crippen LogP contribution in [0.1, 0.15) is 16.9 Å². The Morgan fingerprint density at radius 1 is 1.17 bits per heavy atom. The minimum atomic E-state index is -0.224. The molecule has 1 amide bonds. The Morgan fingerprint density at radius 3 is 2.79 bits per heavy atom. The number of benzene rings is 1. The first-order valence-electron chi connectivity index (χ1n) is 7.65. The first-order chi connectivity index (χ1) is 11.7. The van der Waals surface area contributed by atoms with Gasteiger partial charge in [0, 0.05) is 30.9 Å². The standard InChI is InChI=1S/C17H17N5O2/c23-16-8-4-10-19-22(16)11-5-9-18-17(24)15-12-14(20-21-15)13-6-2-1-3-7-13/h1-4,6-8,10,12H,5,9,11H2,(H,18,24)(H,20,21). The van der Waals surface area contributed by atoms with E-state index in [0.717, 1.165) is 11.3 Å². The van der Waals surface area contributed by atoms with Crippen LogP contribution < -0.4 is 10.9 Å². The number of hydrogen-bond donors (Lipinski definition) is 2. The zero-order valence-electron chi connectivity index (χ0n) is 13.0. The van der Waals surface area contributed by atoms with Gasteiger partial charge in [-0.05, 0) is 18.6 Å². The van der Waals surface area contributed by atoms with Crippen LogP contribution in [-0.2, 0) is 6.54 Å². The summed E-state index contributed by atoms with van der Waals surface area (Å²) in [5.41, 5.74) is 1.93. The average molecular weight is 323 g/mol. The van der Waals surface area contributed by atoms with Gasteiger partial charge in [0.1, 0.15) is 5.69 Å². The first-order valence-corrected chi connectivity index (χ1v) is 7.65. The van der Waals surface area contributed by atoms with E-state index in [1.807, 2.05) is 30.3 Å². The number of aromatic nitrogens is 4. The number of carbonyl (C=O) groups is 1. The molecule has 0 fully saturated rings. The van der Waals surface area contributed by atoms with E-state index in [-0.39, 0.29) is 11.5 Å². The summed E-state index contributed by atoms with van der Waals surface area (Å²) < 4.78 is 1.37. The number of rotatable bonds is 6. The second kappa shape index (κ2) is 7.36. The molecule has 24 heavy (non-hydrogen) atoms. The van der Waals surface area contributed by atoms with E-state index in [4.69, 9.17) is 0 Å². The van der Waals surface area contributed by atoms with Gasteiger partial charge in [-0.2, -0.15) is 10.2 Å². The second-order valence-electron chi connectivity index (χ2n) is 5.23. The van der Waals surface area contributed by atoms with E-state index in [1.54, 1.807) is 18.3 Å². The largest absolute Gasteiger partial charge is 0.351 e. The third-order valence-electron chi connectivity index (χ3n) is 3.51. The van der Waals surface area contributed by atoms with Gasteiger partial charge in [-0.15, -0.1) is 0 Å². The molecule has 0 radical (unpaired) electrons. The molecule has 0 aliphatic heterocycles. The lowest BCUT2D eigenvalue weighted by Crippen LogP contribution is -2.28. The summed E-state index contributed by atoms with van der Waals surface area (Å²) >= 11 is 0. The normalized spacial score (nSPS) is 10.5. The van der Waals surface area contributed by atoms with Crippen molar-refractivity contribution < 1.29 is 4.79 Å². The number of nitrogens with zero attached hydrogens (tertiary/aromatic N) is 3. The van der Waals surface area contributed by atoms with Crippen LogP contribution in [0.25, 0.3) is 11.3 Å². The Bertz CT molecular complexity index is 870. The Labute approximate surface area is 138 Å². The summed E-state index contributed by atoms with van der Waals surface area (Å²) in [4.78, 5) is 23.6. The van der Waals surface area contributed by atoms with E-state index >= 15 is 0 Å². The highest BCUT2D eigenvalue weighted by molar-refractivity contribution is 5.93. The topological polar surface area (TPSA) is 92.7 Å². The molecule has 122 valence electrons. The van der Waals surface area contributed by atoms with Crippen LogP contribution in [0.2, 0.25) is 0 Å². The van der Waals surface area contributed by atoms with Crippen LogP contribution in [0.15, 0.2) is 59.5 Å². The van der Waals surface area contributed by atoms with Crippen molar-refractivity contribution in [1.82, 2.24) is 25.3 Å². The van der Waals surface area contributed by atoms with Gasteiger partial charge in [0.05, 0.1) is 5.69 Å². The Hall–Kier alpha value is -3.22. The number of hydrogen-bond acceptors (Lipinski definition) is 4. The van der Waals surface area contributed by atoms with Gasteiger partial charge in [-0.25, -0.2) is 4.68 Å². The maximum absolute atomic E-state index is 12.1. The summed E-state index contributed by atoms with van der Waals surface area (Å²) in [7, 11) is 0. The fourth-order valence-corrected chi connectivity index (χ4v) is 2.28. The average Bonchev–Trinajstić information content (AvgIpc) is 3.11. The summed E-state index contributed by atoms with van der Waals surface area (Å²) in [5.74, 6) is -0.224. The number of aryl methyl sites for hydroxylation is 1. The Kier molecular flexibility index (Phi) is 4.81. The maximum Gasteiger partial charge on any atom is 0.269 e. The minimum absolute atomic E-state index is 0.148. The van der Waals surface area contributed by atoms with Gasteiger partial charge in [0.2, 0.25) is 0 Å². The minimum Gasteiger partial charge on any atom is -0.351 e. The van der Waals surface area contributed by atoms with Crippen LogP contribution >= 0.6 is 0 Å². The van der Waals surface area contributed by atoms with Gasteiger partial charge in [-0.1, -0.05) is 30.3 Å². The summed E-state index contributed by atoms with van der Waals surface area (Å²) in [5, 5.41) is 13.7. The molecule has 3 aromatic rings. The third kappa shape index (κ3) is 3.75. The lowest BCUT2D eigenvalue weighted by molar-refractivity contribution is 0.0947. The van der Waals surface area contributed by atoms with Gasteiger partial charge >= 0.3 is 0 Å². The molecule has 2 N–H and O–H groups in total. The molecule has 0 saturated carbocycles. The number of carbonyl (C=O) groups excluding carboxylic acids is 1. The maximum atomic E-state index is 12.1. The molecule has 2 heterocycles. The molecule has 0 atom stereocenters. The highest BCUT2D eigenvalue weighted by Gasteiger charge is 2.10. The molecule has 0 spiro atoms. The molecule has 0 unspecified atom stereocenters. The lowest BCUT2D eigenvalue weighted by atomic mass is 10.1. The van der Waals surface area contributed by atoms with Crippen LogP contribution in [0, 0.1) is 0 Å². The molecule has 0 saturated heterocycles. The molecule has 7 nitrogen and oxygen atoms in total. The Morgan fingerprint density at radius 2 is 2.00 bits per heavy atom. The van der Waals surface area contributed by atoms with Crippen molar-refractivity contribution in [3.8, 4) is 11.3 Å². The van der Waals surface area contributed by atoms with E-state index in [9.17, 15) is 9.59 Å². The molecule has 0 aliphatic carbocycles. The molecule has 2 aromatic heterocycles.